The molecule has 94 valence electrons. The summed E-state index contributed by atoms with van der Waals surface area (Å²) in [7, 11) is 0. The zero-order valence-corrected chi connectivity index (χ0v) is 11.5. The van der Waals surface area contributed by atoms with Crippen LogP contribution in [0.1, 0.15) is 6.92 Å². The minimum atomic E-state index is -0.271. The van der Waals surface area contributed by atoms with Crippen LogP contribution in [0.4, 0.5) is 21.5 Å². The van der Waals surface area contributed by atoms with Crippen LogP contribution in [0, 0.1) is 5.82 Å². The van der Waals surface area contributed by atoms with E-state index in [4.69, 9.17) is 0 Å². The first kappa shape index (κ1) is 12.8. The SMILES string of the molecule is CCNc1cncc(Nc2ccc(F)cc2Br)c1. The van der Waals surface area contributed by atoms with Crippen LogP contribution in [0.3, 0.4) is 0 Å². The molecule has 1 heterocycles. The van der Waals surface area contributed by atoms with Crippen LogP contribution in [0.25, 0.3) is 0 Å². The molecule has 3 nitrogen and oxygen atoms in total. The predicted octanol–water partition coefficient (Wildman–Crippen LogP) is 4.16. The van der Waals surface area contributed by atoms with Gasteiger partial charge in [0.05, 0.1) is 29.5 Å². The molecule has 2 aromatic rings. The number of benzene rings is 1. The number of anilines is 3. The molecule has 0 amide bonds. The number of aromatic nitrogens is 1. The van der Waals surface area contributed by atoms with Crippen LogP contribution in [-0.4, -0.2) is 11.5 Å². The fourth-order valence-electron chi connectivity index (χ4n) is 1.56. The summed E-state index contributed by atoms with van der Waals surface area (Å²) in [5.74, 6) is -0.271. The Bertz CT molecular complexity index is 546. The second-order valence-corrected chi connectivity index (χ2v) is 4.60. The Kier molecular flexibility index (Phi) is 4.15. The van der Waals surface area contributed by atoms with Crippen molar-refractivity contribution < 1.29 is 4.39 Å². The van der Waals surface area contributed by atoms with E-state index in [-0.39, 0.29) is 5.82 Å². The first-order valence-electron chi connectivity index (χ1n) is 5.60. The van der Waals surface area contributed by atoms with Crippen molar-refractivity contribution in [3.63, 3.8) is 0 Å². The monoisotopic (exact) mass is 309 g/mol. The lowest BCUT2D eigenvalue weighted by molar-refractivity contribution is 0.627. The van der Waals surface area contributed by atoms with Gasteiger partial charge in [-0.25, -0.2) is 4.39 Å². The van der Waals surface area contributed by atoms with E-state index in [2.05, 4.69) is 31.5 Å². The molecule has 0 fully saturated rings. The fourth-order valence-corrected chi connectivity index (χ4v) is 2.01. The van der Waals surface area contributed by atoms with E-state index in [1.807, 2.05) is 13.0 Å². The van der Waals surface area contributed by atoms with Gasteiger partial charge >= 0.3 is 0 Å². The first-order chi connectivity index (χ1) is 8.69. The third kappa shape index (κ3) is 3.20. The van der Waals surface area contributed by atoms with E-state index >= 15 is 0 Å². The zero-order valence-electron chi connectivity index (χ0n) is 9.87. The maximum Gasteiger partial charge on any atom is 0.124 e. The van der Waals surface area contributed by atoms with Crippen LogP contribution in [0.5, 0.6) is 0 Å². The second-order valence-electron chi connectivity index (χ2n) is 3.74. The van der Waals surface area contributed by atoms with Crippen LogP contribution >= 0.6 is 15.9 Å². The Hall–Kier alpha value is -1.62. The molecular formula is C13H13BrFN3. The molecule has 0 atom stereocenters. The van der Waals surface area contributed by atoms with E-state index in [0.29, 0.717) is 4.47 Å². The van der Waals surface area contributed by atoms with Crippen LogP contribution in [0.15, 0.2) is 41.1 Å². The second kappa shape index (κ2) is 5.82. The standard InChI is InChI=1S/C13H13BrFN3/c1-2-17-10-6-11(8-16-7-10)18-13-4-3-9(15)5-12(13)14/h3-8,17-18H,2H2,1H3. The van der Waals surface area contributed by atoms with Crippen molar-refractivity contribution in [1.29, 1.82) is 0 Å². The molecule has 0 unspecified atom stereocenters. The van der Waals surface area contributed by atoms with E-state index in [1.165, 1.54) is 12.1 Å². The third-order valence-electron chi connectivity index (χ3n) is 2.33. The Labute approximate surface area is 114 Å². The Balaban J connectivity index is 2.20. The summed E-state index contributed by atoms with van der Waals surface area (Å²) in [4.78, 5) is 4.13. The molecule has 0 bridgehead atoms. The Morgan fingerprint density at radius 1 is 1.22 bits per heavy atom. The van der Waals surface area contributed by atoms with E-state index in [0.717, 1.165) is 23.6 Å². The van der Waals surface area contributed by atoms with Crippen molar-refractivity contribution in [2.45, 2.75) is 6.92 Å². The quantitative estimate of drug-likeness (QED) is 0.890. The van der Waals surface area contributed by atoms with Gasteiger partial charge in [0.1, 0.15) is 5.82 Å². The van der Waals surface area contributed by atoms with Gasteiger partial charge in [0.2, 0.25) is 0 Å². The summed E-state index contributed by atoms with van der Waals surface area (Å²) in [5, 5.41) is 6.37. The highest BCUT2D eigenvalue weighted by molar-refractivity contribution is 9.10. The van der Waals surface area contributed by atoms with Crippen molar-refractivity contribution in [3.8, 4) is 0 Å². The molecule has 2 rings (SSSR count). The van der Waals surface area contributed by atoms with Crippen LogP contribution < -0.4 is 10.6 Å². The molecule has 5 heteroatoms. The highest BCUT2D eigenvalue weighted by atomic mass is 79.9. The molecule has 0 spiro atoms. The molecular weight excluding hydrogens is 297 g/mol. The maximum absolute atomic E-state index is 13.0. The summed E-state index contributed by atoms with van der Waals surface area (Å²) in [5.41, 5.74) is 2.59. The molecule has 0 aliphatic rings. The summed E-state index contributed by atoms with van der Waals surface area (Å²) < 4.78 is 13.6. The van der Waals surface area contributed by atoms with Gasteiger partial charge in [-0.05, 0) is 47.1 Å². The largest absolute Gasteiger partial charge is 0.384 e. The van der Waals surface area contributed by atoms with Crippen LogP contribution in [0.2, 0.25) is 0 Å². The van der Waals surface area contributed by atoms with Gasteiger partial charge in [-0.1, -0.05) is 0 Å². The predicted molar refractivity (Wildman–Crippen MR) is 75.8 cm³/mol. The molecule has 1 aromatic carbocycles. The van der Waals surface area contributed by atoms with Crippen molar-refractivity contribution in [2.24, 2.45) is 0 Å². The molecule has 0 saturated carbocycles. The highest BCUT2D eigenvalue weighted by Crippen LogP contribution is 2.27. The lowest BCUT2D eigenvalue weighted by Crippen LogP contribution is -1.99. The molecule has 2 N–H and O–H groups in total. The van der Waals surface area contributed by atoms with Crippen molar-refractivity contribution in [1.82, 2.24) is 4.98 Å². The van der Waals surface area contributed by atoms with Gasteiger partial charge in [0.15, 0.2) is 0 Å². The summed E-state index contributed by atoms with van der Waals surface area (Å²) >= 11 is 3.32. The minimum Gasteiger partial charge on any atom is -0.384 e. The molecule has 0 aliphatic carbocycles. The molecule has 0 saturated heterocycles. The lowest BCUT2D eigenvalue weighted by atomic mass is 10.3. The average molecular weight is 310 g/mol. The number of halogens is 2. The zero-order chi connectivity index (χ0) is 13.0. The number of nitrogens with one attached hydrogen (secondary N) is 2. The summed E-state index contributed by atoms with van der Waals surface area (Å²) in [6.07, 6.45) is 3.48. The Morgan fingerprint density at radius 2 is 2.00 bits per heavy atom. The maximum atomic E-state index is 13.0. The number of pyridine rings is 1. The fraction of sp³-hybridized carbons (Fsp3) is 0.154. The van der Waals surface area contributed by atoms with Gasteiger partial charge in [-0.3, -0.25) is 4.98 Å². The number of nitrogens with zero attached hydrogens (tertiary/aromatic N) is 1. The van der Waals surface area contributed by atoms with E-state index < -0.39 is 0 Å². The summed E-state index contributed by atoms with van der Waals surface area (Å²) in [6.45, 7) is 2.86. The van der Waals surface area contributed by atoms with E-state index in [1.54, 1.807) is 18.5 Å². The first-order valence-corrected chi connectivity index (χ1v) is 6.39. The third-order valence-corrected chi connectivity index (χ3v) is 2.99. The highest BCUT2D eigenvalue weighted by Gasteiger charge is 2.02. The number of rotatable bonds is 4. The van der Waals surface area contributed by atoms with Gasteiger partial charge in [0.25, 0.3) is 0 Å². The van der Waals surface area contributed by atoms with Crippen LogP contribution in [-0.2, 0) is 0 Å². The van der Waals surface area contributed by atoms with Gasteiger partial charge in [-0.15, -0.1) is 0 Å². The van der Waals surface area contributed by atoms with Crippen molar-refractivity contribution in [3.05, 3.63) is 46.9 Å². The van der Waals surface area contributed by atoms with Crippen molar-refractivity contribution in [2.75, 3.05) is 17.2 Å². The molecule has 0 aliphatic heterocycles. The number of hydrogen-bond donors (Lipinski definition) is 2. The molecule has 18 heavy (non-hydrogen) atoms. The van der Waals surface area contributed by atoms with Gasteiger partial charge in [-0.2, -0.15) is 0 Å². The Morgan fingerprint density at radius 3 is 2.72 bits per heavy atom. The van der Waals surface area contributed by atoms with Gasteiger partial charge < -0.3 is 10.6 Å². The molecule has 1 aromatic heterocycles. The van der Waals surface area contributed by atoms with E-state index in [9.17, 15) is 4.39 Å². The normalized spacial score (nSPS) is 10.2. The summed E-state index contributed by atoms with van der Waals surface area (Å²) in [6, 6.07) is 6.46. The van der Waals surface area contributed by atoms with Crippen molar-refractivity contribution >= 4 is 33.0 Å². The smallest absolute Gasteiger partial charge is 0.124 e. The van der Waals surface area contributed by atoms with Gasteiger partial charge in [0, 0.05) is 11.0 Å². The lowest BCUT2D eigenvalue weighted by Gasteiger charge is -2.10. The number of hydrogen-bond acceptors (Lipinski definition) is 3. The molecule has 0 radical (unpaired) electrons. The minimum absolute atomic E-state index is 0.271. The average Bonchev–Trinajstić information content (AvgIpc) is 2.34. The topological polar surface area (TPSA) is 37.0 Å².